The van der Waals surface area contributed by atoms with E-state index in [1.807, 2.05) is 30.3 Å². The molecule has 0 atom stereocenters. The van der Waals surface area contributed by atoms with Crippen LogP contribution in [0.25, 0.3) is 39.5 Å². The molecule has 0 spiro atoms. The first-order valence-corrected chi connectivity index (χ1v) is 16.0. The number of hydrogen-bond donors (Lipinski definition) is 1. The first-order valence-electron chi connectivity index (χ1n) is 14.4. The van der Waals surface area contributed by atoms with Crippen molar-refractivity contribution in [2.75, 3.05) is 5.32 Å². The van der Waals surface area contributed by atoms with Gasteiger partial charge in [-0.15, -0.1) is 10.2 Å². The molecule has 0 amide bonds. The number of para-hydroxylation sites is 2. The van der Waals surface area contributed by atoms with Crippen molar-refractivity contribution in [2.45, 2.75) is 6.42 Å². The second-order valence-corrected chi connectivity index (χ2v) is 12.4. The van der Waals surface area contributed by atoms with Crippen molar-refractivity contribution in [3.63, 3.8) is 0 Å². The molecule has 0 radical (unpaired) electrons. The van der Waals surface area contributed by atoms with Crippen LogP contribution in [0.1, 0.15) is 11.4 Å². The highest BCUT2D eigenvalue weighted by Gasteiger charge is 2.18. The number of nitro groups is 1. The summed E-state index contributed by atoms with van der Waals surface area (Å²) in [5, 5.41) is 24.2. The van der Waals surface area contributed by atoms with Crippen LogP contribution in [0, 0.1) is 10.1 Å². The van der Waals surface area contributed by atoms with E-state index >= 15 is 0 Å². The third-order valence-electron chi connectivity index (χ3n) is 7.59. The van der Waals surface area contributed by atoms with Crippen LogP contribution in [-0.2, 0) is 6.42 Å². The van der Waals surface area contributed by atoms with Crippen LogP contribution in [0.5, 0.6) is 0 Å². The van der Waals surface area contributed by atoms with Gasteiger partial charge in [0.15, 0.2) is 0 Å². The summed E-state index contributed by atoms with van der Waals surface area (Å²) in [5.74, 6) is 0.869. The van der Waals surface area contributed by atoms with Gasteiger partial charge < -0.3 is 9.73 Å². The molecule has 0 saturated carbocycles. The third kappa shape index (κ3) is 6.18. The number of nitrogens with zero attached hydrogens (tertiary/aromatic N) is 5. The summed E-state index contributed by atoms with van der Waals surface area (Å²) in [6, 6.07) is 31.4. The molecule has 2 aromatic heterocycles. The van der Waals surface area contributed by atoms with Crippen molar-refractivity contribution in [2.24, 2.45) is 0 Å². The van der Waals surface area contributed by atoms with Crippen LogP contribution in [0.15, 0.2) is 123 Å². The van der Waals surface area contributed by atoms with Crippen LogP contribution in [0.3, 0.4) is 0 Å². The van der Waals surface area contributed by atoms with Gasteiger partial charge in [-0.1, -0.05) is 69.5 Å². The smallest absolute Gasteiger partial charge is 0.270 e. The van der Waals surface area contributed by atoms with Crippen molar-refractivity contribution in [1.82, 2.24) is 19.7 Å². The number of halogens is 3. The van der Waals surface area contributed by atoms with Crippen LogP contribution in [0.4, 0.5) is 17.1 Å². The normalized spacial score (nSPS) is 11.1. The Hall–Kier alpha value is -5.36. The molecular weight excluding hydrogens is 719 g/mol. The molecule has 0 saturated heterocycles. The first-order chi connectivity index (χ1) is 23.2. The molecule has 5 aromatic carbocycles. The zero-order chi connectivity index (χ0) is 33.4. The van der Waals surface area contributed by atoms with Gasteiger partial charge >= 0.3 is 0 Å². The van der Waals surface area contributed by atoms with E-state index in [1.165, 1.54) is 12.1 Å². The van der Waals surface area contributed by atoms with Crippen molar-refractivity contribution in [1.29, 1.82) is 0 Å². The maximum Gasteiger partial charge on any atom is 0.270 e. The maximum atomic E-state index is 14.1. The van der Waals surface area contributed by atoms with Crippen molar-refractivity contribution in [3.8, 4) is 28.6 Å². The number of hydrogen-bond acceptors (Lipinski definition) is 8. The van der Waals surface area contributed by atoms with E-state index < -0.39 is 4.92 Å². The van der Waals surface area contributed by atoms with E-state index in [4.69, 9.17) is 32.6 Å². The van der Waals surface area contributed by atoms with E-state index in [0.717, 1.165) is 15.7 Å². The lowest BCUT2D eigenvalue weighted by Crippen LogP contribution is -2.24. The second-order valence-electron chi connectivity index (χ2n) is 10.7. The fourth-order valence-corrected chi connectivity index (χ4v) is 6.12. The molecule has 0 bridgehead atoms. The lowest BCUT2D eigenvalue weighted by atomic mass is 10.1. The van der Waals surface area contributed by atoms with Crippen molar-refractivity contribution < 1.29 is 9.34 Å². The summed E-state index contributed by atoms with van der Waals surface area (Å²) < 4.78 is 8.19. The highest BCUT2D eigenvalue weighted by Crippen LogP contribution is 2.34. The quantitative estimate of drug-likeness (QED) is 0.121. The van der Waals surface area contributed by atoms with Gasteiger partial charge in [0.1, 0.15) is 5.82 Å². The largest absolute Gasteiger partial charge is 0.416 e. The molecule has 48 heavy (non-hydrogen) atoms. The van der Waals surface area contributed by atoms with Gasteiger partial charge in [0.05, 0.1) is 37.2 Å². The molecule has 236 valence electrons. The molecule has 1 N–H and O–H groups in total. The standard InChI is InChI=1S/C35H21BrCl2N6O4/c36-23-13-16-30-26(19-23)35(45)43(31(39-30)18-21-5-1-2-10-29(21)40-32-27(37)8-4-9-28(32)38)24-14-11-20(12-15-24)33-41-42-34(48-33)22-6-3-7-25(17-22)44(46)47/h1-17,19,40H,18H2. The fourth-order valence-electron chi connectivity index (χ4n) is 5.27. The highest BCUT2D eigenvalue weighted by atomic mass is 79.9. The van der Waals surface area contributed by atoms with Crippen LogP contribution in [0.2, 0.25) is 10.0 Å². The Morgan fingerprint density at radius 3 is 2.29 bits per heavy atom. The third-order valence-corrected chi connectivity index (χ3v) is 8.71. The maximum absolute atomic E-state index is 14.1. The monoisotopic (exact) mass is 738 g/mol. The Kier molecular flexibility index (Phi) is 8.49. The first kappa shape index (κ1) is 31.3. The molecule has 10 nitrogen and oxygen atoms in total. The number of benzene rings is 5. The van der Waals surface area contributed by atoms with Gasteiger partial charge in [0.2, 0.25) is 11.8 Å². The Bertz CT molecular complexity index is 2390. The zero-order valence-corrected chi connectivity index (χ0v) is 27.7. The van der Waals surface area contributed by atoms with Gasteiger partial charge in [-0.25, -0.2) is 4.98 Å². The minimum atomic E-state index is -0.486. The molecule has 0 unspecified atom stereocenters. The number of aromatic nitrogens is 4. The molecule has 7 rings (SSSR count). The number of rotatable bonds is 8. The SMILES string of the molecule is O=c1c2cc(Br)ccc2nc(Cc2ccccc2Nc2c(Cl)cccc2Cl)n1-c1ccc(-c2nnc(-c3cccc([N+](=O)[O-])c3)o2)cc1. The number of nitrogens with one attached hydrogen (secondary N) is 1. The van der Waals surface area contributed by atoms with E-state index in [1.54, 1.807) is 71.3 Å². The fraction of sp³-hybridized carbons (Fsp3) is 0.0286. The number of fused-ring (bicyclic) bond motifs is 1. The van der Waals surface area contributed by atoms with Crippen LogP contribution >= 0.6 is 39.1 Å². The van der Waals surface area contributed by atoms with Gasteiger partial charge in [-0.05, 0) is 72.3 Å². The van der Waals surface area contributed by atoms with Gasteiger partial charge in [0, 0.05) is 39.8 Å². The van der Waals surface area contributed by atoms with Crippen LogP contribution < -0.4 is 10.9 Å². The Labute approximate surface area is 290 Å². The van der Waals surface area contributed by atoms with E-state index in [0.29, 0.717) is 55.7 Å². The number of non-ortho nitro benzene ring substituents is 1. The molecule has 0 aliphatic rings. The molecule has 0 aliphatic carbocycles. The lowest BCUT2D eigenvalue weighted by molar-refractivity contribution is -0.384. The molecule has 7 aromatic rings. The summed E-state index contributed by atoms with van der Waals surface area (Å²) in [6.45, 7) is 0. The Morgan fingerprint density at radius 2 is 1.54 bits per heavy atom. The number of nitro benzene ring substituents is 1. The predicted molar refractivity (Wildman–Crippen MR) is 189 cm³/mol. The topological polar surface area (TPSA) is 129 Å². The average Bonchev–Trinajstić information content (AvgIpc) is 3.59. The minimum absolute atomic E-state index is 0.0834. The molecule has 2 heterocycles. The number of anilines is 2. The summed E-state index contributed by atoms with van der Waals surface area (Å²) in [6.07, 6.45) is 0.296. The molecular formula is C35H21BrCl2N6O4. The Balaban J connectivity index is 1.27. The summed E-state index contributed by atoms with van der Waals surface area (Å²) in [7, 11) is 0. The van der Waals surface area contributed by atoms with E-state index in [9.17, 15) is 14.9 Å². The molecule has 0 fully saturated rings. The Morgan fingerprint density at radius 1 is 0.833 bits per heavy atom. The lowest BCUT2D eigenvalue weighted by Gasteiger charge is -2.17. The van der Waals surface area contributed by atoms with E-state index in [-0.39, 0.29) is 23.0 Å². The van der Waals surface area contributed by atoms with Crippen molar-refractivity contribution in [3.05, 3.63) is 156 Å². The molecule has 13 heteroatoms. The average molecular weight is 740 g/mol. The zero-order valence-electron chi connectivity index (χ0n) is 24.6. The summed E-state index contributed by atoms with van der Waals surface area (Å²) in [4.78, 5) is 29.8. The van der Waals surface area contributed by atoms with Gasteiger partial charge in [-0.2, -0.15) is 0 Å². The highest BCUT2D eigenvalue weighted by molar-refractivity contribution is 9.10. The van der Waals surface area contributed by atoms with Crippen molar-refractivity contribution >= 4 is 67.1 Å². The summed E-state index contributed by atoms with van der Waals surface area (Å²) in [5.41, 5.74) is 4.03. The summed E-state index contributed by atoms with van der Waals surface area (Å²) >= 11 is 16.4. The minimum Gasteiger partial charge on any atom is -0.416 e. The van der Waals surface area contributed by atoms with E-state index in [2.05, 4.69) is 31.4 Å². The van der Waals surface area contributed by atoms with Gasteiger partial charge in [-0.3, -0.25) is 19.5 Å². The second kappa shape index (κ2) is 13.0. The van der Waals surface area contributed by atoms with Gasteiger partial charge in [0.25, 0.3) is 11.2 Å². The van der Waals surface area contributed by atoms with Crippen LogP contribution in [-0.4, -0.2) is 24.7 Å². The molecule has 0 aliphatic heterocycles. The predicted octanol–water partition coefficient (Wildman–Crippen LogP) is 9.41.